The molecule has 0 bridgehead atoms. The summed E-state index contributed by atoms with van der Waals surface area (Å²) in [6, 6.07) is 8.46. The van der Waals surface area contributed by atoms with Crippen LogP contribution in [0.5, 0.6) is 17.7 Å². The number of rotatable bonds is 8. The van der Waals surface area contributed by atoms with Gasteiger partial charge in [-0.25, -0.2) is 22.0 Å². The Morgan fingerprint density at radius 1 is 1.21 bits per heavy atom. The normalized spacial score (nSPS) is 14.4. The van der Waals surface area contributed by atoms with Gasteiger partial charge in [0.05, 0.1) is 12.3 Å². The van der Waals surface area contributed by atoms with Gasteiger partial charge in [-0.3, -0.25) is 4.72 Å². The number of amides is 1. The molecule has 0 spiro atoms. The van der Waals surface area contributed by atoms with Crippen LogP contribution < -0.4 is 19.5 Å². The van der Waals surface area contributed by atoms with Gasteiger partial charge in [-0.1, -0.05) is 12.1 Å². The van der Waals surface area contributed by atoms with Crippen LogP contribution in [-0.4, -0.2) is 25.8 Å². The molecular formula is C22H21F2N3O6S. The van der Waals surface area contributed by atoms with Crippen LogP contribution >= 0.6 is 0 Å². The first kappa shape index (κ1) is 23.5. The van der Waals surface area contributed by atoms with Crippen LogP contribution in [0.25, 0.3) is 0 Å². The average Bonchev–Trinajstić information content (AvgIpc) is 3.51. The molecule has 1 aromatic heterocycles. The van der Waals surface area contributed by atoms with Crippen LogP contribution in [0.4, 0.5) is 19.3 Å². The second kappa shape index (κ2) is 9.29. The van der Waals surface area contributed by atoms with E-state index in [2.05, 4.69) is 10.3 Å². The zero-order valence-corrected chi connectivity index (χ0v) is 19.0. The van der Waals surface area contributed by atoms with Crippen molar-refractivity contribution in [3.8, 4) is 17.7 Å². The van der Waals surface area contributed by atoms with Gasteiger partial charge < -0.3 is 19.2 Å². The van der Waals surface area contributed by atoms with Crippen molar-refractivity contribution in [2.45, 2.75) is 31.7 Å². The summed E-state index contributed by atoms with van der Waals surface area (Å²) in [6.07, 6.45) is 3.06. The Balaban J connectivity index is 1.36. The largest absolute Gasteiger partial charge is 0.414 e. The Bertz CT molecular complexity index is 1300. The monoisotopic (exact) mass is 493 g/mol. The lowest BCUT2D eigenvalue weighted by molar-refractivity contribution is 0.195. The third-order valence-corrected chi connectivity index (χ3v) is 5.53. The van der Waals surface area contributed by atoms with E-state index in [1.807, 2.05) is 18.2 Å². The lowest BCUT2D eigenvalue weighted by Gasteiger charge is -2.15. The van der Waals surface area contributed by atoms with Crippen molar-refractivity contribution in [2.24, 2.45) is 0 Å². The minimum atomic E-state index is -3.88. The van der Waals surface area contributed by atoms with Crippen molar-refractivity contribution in [1.82, 2.24) is 10.3 Å². The van der Waals surface area contributed by atoms with E-state index in [1.165, 1.54) is 12.5 Å². The zero-order chi connectivity index (χ0) is 24.5. The number of hydrogen-bond donors (Lipinski definition) is 2. The van der Waals surface area contributed by atoms with Crippen LogP contribution in [0.15, 0.2) is 47.1 Å². The number of halogens is 2. The highest BCUT2D eigenvalue weighted by Crippen LogP contribution is 2.41. The fourth-order valence-corrected chi connectivity index (χ4v) is 3.76. The van der Waals surface area contributed by atoms with Crippen molar-refractivity contribution in [3.63, 3.8) is 0 Å². The maximum absolute atomic E-state index is 14.2. The molecule has 12 heteroatoms. The molecule has 1 aliphatic rings. The fourth-order valence-electron chi connectivity index (χ4n) is 3.20. The number of sulfonamides is 1. The van der Waals surface area contributed by atoms with E-state index >= 15 is 0 Å². The molecule has 0 aliphatic heterocycles. The maximum Gasteiger partial charge on any atom is 0.414 e. The molecule has 1 saturated carbocycles. The molecule has 1 fully saturated rings. The van der Waals surface area contributed by atoms with Gasteiger partial charge in [0.2, 0.25) is 10.0 Å². The van der Waals surface area contributed by atoms with Gasteiger partial charge >= 0.3 is 12.2 Å². The molecule has 2 N–H and O–H groups in total. The highest BCUT2D eigenvalue weighted by Gasteiger charge is 2.24. The van der Waals surface area contributed by atoms with Crippen molar-refractivity contribution in [3.05, 3.63) is 65.4 Å². The SMILES string of the molecule is CC(NC(=O)Oc1coc(Oc2cccc(C3CC3)c2)n1)c1cc(F)c(NS(C)(=O)=O)c(F)c1. The quantitative estimate of drug-likeness (QED) is 0.461. The van der Waals surface area contributed by atoms with Gasteiger partial charge in [0.25, 0.3) is 5.88 Å². The molecular weight excluding hydrogens is 472 g/mol. The van der Waals surface area contributed by atoms with Crippen molar-refractivity contribution < 1.29 is 35.9 Å². The predicted octanol–water partition coefficient (Wildman–Crippen LogP) is 4.84. The molecule has 1 amide bonds. The Morgan fingerprint density at radius 2 is 1.91 bits per heavy atom. The summed E-state index contributed by atoms with van der Waals surface area (Å²) >= 11 is 0. The van der Waals surface area contributed by atoms with Gasteiger partial charge in [-0.2, -0.15) is 0 Å². The highest BCUT2D eigenvalue weighted by atomic mass is 32.2. The Morgan fingerprint density at radius 3 is 2.56 bits per heavy atom. The first-order valence-corrected chi connectivity index (χ1v) is 12.1. The molecule has 2 aromatic carbocycles. The van der Waals surface area contributed by atoms with Crippen LogP contribution in [0, 0.1) is 11.6 Å². The van der Waals surface area contributed by atoms with Crippen molar-refractivity contribution in [1.29, 1.82) is 0 Å². The van der Waals surface area contributed by atoms with Gasteiger partial charge in [-0.15, -0.1) is 4.98 Å². The molecule has 9 nitrogen and oxygen atoms in total. The topological polar surface area (TPSA) is 120 Å². The van der Waals surface area contributed by atoms with E-state index in [4.69, 9.17) is 13.9 Å². The summed E-state index contributed by atoms with van der Waals surface area (Å²) in [6.45, 7) is 1.46. The number of hydrogen-bond acceptors (Lipinski definition) is 7. The number of anilines is 1. The maximum atomic E-state index is 14.2. The van der Waals surface area contributed by atoms with E-state index < -0.39 is 39.5 Å². The summed E-state index contributed by atoms with van der Waals surface area (Å²) in [5, 5.41) is 2.40. The smallest absolute Gasteiger partial charge is 0.413 e. The molecule has 1 atom stereocenters. The van der Waals surface area contributed by atoms with E-state index in [1.54, 1.807) is 10.8 Å². The number of ether oxygens (including phenoxy) is 2. The summed E-state index contributed by atoms with van der Waals surface area (Å²) in [7, 11) is -3.88. The van der Waals surface area contributed by atoms with E-state index in [0.717, 1.165) is 37.5 Å². The van der Waals surface area contributed by atoms with Gasteiger partial charge in [0.1, 0.15) is 11.4 Å². The number of oxazole rings is 1. The first-order valence-electron chi connectivity index (χ1n) is 10.3. The fraction of sp³-hybridized carbons (Fsp3) is 0.273. The highest BCUT2D eigenvalue weighted by molar-refractivity contribution is 7.92. The second-order valence-electron chi connectivity index (χ2n) is 7.89. The van der Waals surface area contributed by atoms with Crippen molar-refractivity contribution in [2.75, 3.05) is 11.0 Å². The van der Waals surface area contributed by atoms with E-state index in [-0.39, 0.29) is 17.5 Å². The molecule has 1 heterocycles. The van der Waals surface area contributed by atoms with Crippen LogP contribution in [-0.2, 0) is 10.0 Å². The number of benzene rings is 2. The van der Waals surface area contributed by atoms with Gasteiger partial charge in [0.15, 0.2) is 17.9 Å². The number of nitrogens with one attached hydrogen (secondary N) is 2. The molecule has 34 heavy (non-hydrogen) atoms. The number of aromatic nitrogens is 1. The van der Waals surface area contributed by atoms with Crippen molar-refractivity contribution >= 4 is 21.8 Å². The Labute approximate surface area is 194 Å². The van der Waals surface area contributed by atoms with Gasteiger partial charge in [-0.05, 0) is 61.1 Å². The second-order valence-corrected chi connectivity index (χ2v) is 9.64. The number of nitrogens with zero attached hydrogens (tertiary/aromatic N) is 1. The molecule has 1 unspecified atom stereocenters. The third-order valence-electron chi connectivity index (χ3n) is 4.96. The average molecular weight is 493 g/mol. The van der Waals surface area contributed by atoms with E-state index in [0.29, 0.717) is 11.7 Å². The first-order chi connectivity index (χ1) is 16.1. The Hall–Kier alpha value is -3.67. The third kappa shape index (κ3) is 6.01. The molecule has 4 rings (SSSR count). The number of carbonyl (C=O) groups excluding carboxylic acids is 1. The lowest BCUT2D eigenvalue weighted by Crippen LogP contribution is -2.29. The zero-order valence-electron chi connectivity index (χ0n) is 18.2. The summed E-state index contributed by atoms with van der Waals surface area (Å²) in [5.74, 6) is -1.36. The molecule has 0 radical (unpaired) electrons. The number of carbonyl (C=O) groups is 1. The predicted molar refractivity (Wildman–Crippen MR) is 117 cm³/mol. The minimum Gasteiger partial charge on any atom is -0.413 e. The summed E-state index contributed by atoms with van der Waals surface area (Å²) in [4.78, 5) is 16.1. The standard InChI is InChI=1S/C22H21F2N3O6S/c1-12(15-9-17(23)20(18(24)10-15)27-34(2,29)30)25-21(28)33-19-11-31-22(26-19)32-16-5-3-4-14(8-16)13-6-7-13/h3-5,8-13,27H,6-7H2,1-2H3,(H,25,28). The van der Waals surface area contributed by atoms with Crippen LogP contribution in [0.1, 0.15) is 42.9 Å². The summed E-state index contributed by atoms with van der Waals surface area (Å²) in [5.41, 5.74) is 0.409. The van der Waals surface area contributed by atoms with E-state index in [9.17, 15) is 22.0 Å². The lowest BCUT2D eigenvalue weighted by atomic mass is 10.1. The summed E-state index contributed by atoms with van der Waals surface area (Å²) < 4.78 is 68.4. The van der Waals surface area contributed by atoms with Crippen LogP contribution in [0.3, 0.4) is 0 Å². The molecule has 0 saturated heterocycles. The minimum absolute atomic E-state index is 0.0470. The van der Waals surface area contributed by atoms with Crippen LogP contribution in [0.2, 0.25) is 0 Å². The molecule has 3 aromatic rings. The molecule has 180 valence electrons. The molecule has 1 aliphatic carbocycles. The Kier molecular flexibility index (Phi) is 6.42. The van der Waals surface area contributed by atoms with Gasteiger partial charge in [0, 0.05) is 0 Å².